The number of amides is 1. The van der Waals surface area contributed by atoms with Crippen LogP contribution in [0.5, 0.6) is 0 Å². The number of hydrogen-bond donors (Lipinski definition) is 3. The SMILES string of the molecule is NC(=O)c1cnc(N2CCC[C@H](N)C2)nc1Nc1cc(-c2ccccc2)c(=O)n(-c2ccccc2)c1. The molecule has 9 heteroatoms. The number of primary amides is 1. The van der Waals surface area contributed by atoms with Crippen LogP contribution in [-0.4, -0.2) is 39.6 Å². The Hall–Kier alpha value is -4.50. The highest BCUT2D eigenvalue weighted by Gasteiger charge is 2.22. The second kappa shape index (κ2) is 10.0. The van der Waals surface area contributed by atoms with Crippen molar-refractivity contribution in [2.75, 3.05) is 23.3 Å². The zero-order valence-electron chi connectivity index (χ0n) is 19.7. The topological polar surface area (TPSA) is 132 Å². The van der Waals surface area contributed by atoms with Gasteiger partial charge in [-0.25, -0.2) is 4.98 Å². The molecule has 36 heavy (non-hydrogen) atoms. The normalized spacial score (nSPS) is 15.5. The Morgan fingerprint density at radius 2 is 1.78 bits per heavy atom. The molecule has 1 amide bonds. The minimum Gasteiger partial charge on any atom is -0.365 e. The van der Waals surface area contributed by atoms with Crippen molar-refractivity contribution in [3.05, 3.63) is 95.0 Å². The molecular formula is C27H27N7O2. The smallest absolute Gasteiger partial charge is 0.263 e. The number of nitrogens with zero attached hydrogens (tertiary/aromatic N) is 4. The van der Waals surface area contributed by atoms with E-state index in [9.17, 15) is 9.59 Å². The van der Waals surface area contributed by atoms with Crippen molar-refractivity contribution in [3.8, 4) is 16.8 Å². The van der Waals surface area contributed by atoms with Gasteiger partial charge in [0.05, 0.1) is 5.69 Å². The summed E-state index contributed by atoms with van der Waals surface area (Å²) in [6, 6.07) is 20.6. The van der Waals surface area contributed by atoms with Gasteiger partial charge in [0.2, 0.25) is 5.95 Å². The number of benzene rings is 2. The van der Waals surface area contributed by atoms with Gasteiger partial charge in [0.25, 0.3) is 11.5 Å². The van der Waals surface area contributed by atoms with E-state index in [0.29, 0.717) is 29.4 Å². The summed E-state index contributed by atoms with van der Waals surface area (Å²) < 4.78 is 1.57. The molecule has 182 valence electrons. The second-order valence-electron chi connectivity index (χ2n) is 8.79. The number of rotatable bonds is 6. The lowest BCUT2D eigenvalue weighted by molar-refractivity contribution is 0.100. The summed E-state index contributed by atoms with van der Waals surface area (Å²) in [6.45, 7) is 1.41. The lowest BCUT2D eigenvalue weighted by Crippen LogP contribution is -2.43. The Balaban J connectivity index is 1.61. The van der Waals surface area contributed by atoms with Crippen molar-refractivity contribution in [2.24, 2.45) is 11.5 Å². The van der Waals surface area contributed by atoms with Crippen molar-refractivity contribution in [2.45, 2.75) is 18.9 Å². The molecule has 1 atom stereocenters. The van der Waals surface area contributed by atoms with E-state index in [1.807, 2.05) is 65.6 Å². The van der Waals surface area contributed by atoms with E-state index in [2.05, 4.69) is 15.3 Å². The molecule has 9 nitrogen and oxygen atoms in total. The Morgan fingerprint density at radius 1 is 1.06 bits per heavy atom. The third kappa shape index (κ3) is 4.82. The summed E-state index contributed by atoms with van der Waals surface area (Å²) in [5.74, 6) is 0.0836. The molecule has 1 saturated heterocycles. The highest BCUT2D eigenvalue weighted by Crippen LogP contribution is 2.26. The first-order chi connectivity index (χ1) is 17.5. The highest BCUT2D eigenvalue weighted by atomic mass is 16.1. The van der Waals surface area contributed by atoms with Crippen LogP contribution in [-0.2, 0) is 0 Å². The standard InChI is InChI=1S/C27H27N7O2/c28-19-10-7-13-33(16-19)27-30-15-23(24(29)35)25(32-27)31-20-14-22(18-8-3-1-4-9-18)26(36)34(17-20)21-11-5-2-6-12-21/h1-6,8-9,11-12,14-15,17,19H,7,10,13,16,28H2,(H2,29,35)(H,30,31,32)/t19-/m0/s1. The number of nitrogens with one attached hydrogen (secondary N) is 1. The van der Waals surface area contributed by atoms with Crippen molar-refractivity contribution in [3.63, 3.8) is 0 Å². The minimum atomic E-state index is -0.654. The Morgan fingerprint density at radius 3 is 2.47 bits per heavy atom. The molecule has 5 rings (SSSR count). The maximum absolute atomic E-state index is 13.5. The van der Waals surface area contributed by atoms with E-state index in [1.165, 1.54) is 6.20 Å². The second-order valence-corrected chi connectivity index (χ2v) is 8.79. The van der Waals surface area contributed by atoms with Crippen LogP contribution in [0.3, 0.4) is 0 Å². The van der Waals surface area contributed by atoms with E-state index in [-0.39, 0.29) is 23.0 Å². The number of nitrogens with two attached hydrogens (primary N) is 2. The van der Waals surface area contributed by atoms with Crippen LogP contribution in [0.15, 0.2) is 83.9 Å². The summed E-state index contributed by atoms with van der Waals surface area (Å²) in [7, 11) is 0. The fourth-order valence-electron chi connectivity index (χ4n) is 4.38. The maximum atomic E-state index is 13.5. The predicted octanol–water partition coefficient (Wildman–Crippen LogP) is 3.06. The summed E-state index contributed by atoms with van der Waals surface area (Å²) in [5.41, 5.74) is 14.3. The maximum Gasteiger partial charge on any atom is 0.263 e. The molecular weight excluding hydrogens is 454 g/mol. The van der Waals surface area contributed by atoms with Crippen LogP contribution >= 0.6 is 0 Å². The molecule has 2 aromatic heterocycles. The molecule has 0 unspecified atom stereocenters. The molecule has 0 bridgehead atoms. The number of pyridine rings is 1. The molecule has 1 fully saturated rings. The van der Waals surface area contributed by atoms with Gasteiger partial charge in [0.1, 0.15) is 11.4 Å². The summed E-state index contributed by atoms with van der Waals surface area (Å²) in [4.78, 5) is 36.7. The fourth-order valence-corrected chi connectivity index (χ4v) is 4.38. The Kier molecular flexibility index (Phi) is 6.46. The summed E-state index contributed by atoms with van der Waals surface area (Å²) in [6.07, 6.45) is 5.00. The van der Waals surface area contributed by atoms with E-state index < -0.39 is 5.91 Å². The van der Waals surface area contributed by atoms with Crippen molar-refractivity contribution in [1.29, 1.82) is 0 Å². The Labute approximate surface area is 208 Å². The molecule has 2 aromatic carbocycles. The van der Waals surface area contributed by atoms with E-state index >= 15 is 0 Å². The Bertz CT molecular complexity index is 1370. The van der Waals surface area contributed by atoms with Crippen LogP contribution in [0, 0.1) is 0 Å². The van der Waals surface area contributed by atoms with Crippen LogP contribution in [0.25, 0.3) is 16.8 Å². The average Bonchev–Trinajstić information content (AvgIpc) is 2.90. The number of piperidine rings is 1. The summed E-state index contributed by atoms with van der Waals surface area (Å²) >= 11 is 0. The largest absolute Gasteiger partial charge is 0.365 e. The van der Waals surface area contributed by atoms with E-state index in [0.717, 1.165) is 24.9 Å². The van der Waals surface area contributed by atoms with Crippen LogP contribution in [0.4, 0.5) is 17.5 Å². The molecule has 0 aliphatic carbocycles. The van der Waals surface area contributed by atoms with E-state index in [1.54, 1.807) is 16.8 Å². The number of anilines is 3. The predicted molar refractivity (Wildman–Crippen MR) is 141 cm³/mol. The first-order valence-corrected chi connectivity index (χ1v) is 11.8. The first-order valence-electron chi connectivity index (χ1n) is 11.8. The average molecular weight is 482 g/mol. The molecule has 3 heterocycles. The van der Waals surface area contributed by atoms with Crippen LogP contribution in [0.1, 0.15) is 23.2 Å². The third-order valence-electron chi connectivity index (χ3n) is 6.18. The van der Waals surface area contributed by atoms with Gasteiger partial charge in [0.15, 0.2) is 0 Å². The molecule has 0 radical (unpaired) electrons. The highest BCUT2D eigenvalue weighted by molar-refractivity contribution is 5.98. The molecule has 0 saturated carbocycles. The van der Waals surface area contributed by atoms with Crippen LogP contribution in [0.2, 0.25) is 0 Å². The number of carbonyl (C=O) groups excluding carboxylic acids is 1. The van der Waals surface area contributed by atoms with Gasteiger partial charge in [-0.1, -0.05) is 48.5 Å². The first kappa shape index (κ1) is 23.3. The number of para-hydroxylation sites is 1. The van der Waals surface area contributed by atoms with Gasteiger partial charge >= 0.3 is 0 Å². The van der Waals surface area contributed by atoms with Crippen LogP contribution < -0.4 is 27.2 Å². The zero-order valence-corrected chi connectivity index (χ0v) is 19.7. The zero-order chi connectivity index (χ0) is 25.1. The molecule has 5 N–H and O–H groups in total. The van der Waals surface area contributed by atoms with Crippen molar-refractivity contribution in [1.82, 2.24) is 14.5 Å². The van der Waals surface area contributed by atoms with E-state index in [4.69, 9.17) is 11.5 Å². The number of aromatic nitrogens is 3. The lowest BCUT2D eigenvalue weighted by Gasteiger charge is -2.31. The fraction of sp³-hybridized carbons (Fsp3) is 0.185. The number of hydrogen-bond acceptors (Lipinski definition) is 7. The summed E-state index contributed by atoms with van der Waals surface area (Å²) in [5, 5.41) is 3.22. The minimum absolute atomic E-state index is 0.0393. The van der Waals surface area contributed by atoms with Crippen molar-refractivity contribution < 1.29 is 4.79 Å². The van der Waals surface area contributed by atoms with Gasteiger partial charge in [0, 0.05) is 42.8 Å². The molecule has 1 aliphatic rings. The van der Waals surface area contributed by atoms with Gasteiger partial charge < -0.3 is 21.7 Å². The quantitative estimate of drug-likeness (QED) is 0.386. The molecule has 4 aromatic rings. The third-order valence-corrected chi connectivity index (χ3v) is 6.18. The monoisotopic (exact) mass is 481 g/mol. The lowest BCUT2D eigenvalue weighted by atomic mass is 10.1. The van der Waals surface area contributed by atoms with Gasteiger partial charge in [-0.3, -0.25) is 14.2 Å². The van der Waals surface area contributed by atoms with Crippen molar-refractivity contribution >= 4 is 23.4 Å². The van der Waals surface area contributed by atoms with Gasteiger partial charge in [-0.05, 0) is 36.6 Å². The number of carbonyl (C=O) groups is 1. The van der Waals surface area contributed by atoms with Gasteiger partial charge in [-0.15, -0.1) is 0 Å². The molecule has 0 spiro atoms. The molecule has 1 aliphatic heterocycles. The van der Waals surface area contributed by atoms with Gasteiger partial charge in [-0.2, -0.15) is 4.98 Å².